The number of hydrogen-bond donors (Lipinski definition) is 1. The molecule has 1 N–H and O–H groups in total. The topological polar surface area (TPSA) is 108 Å². The van der Waals surface area contributed by atoms with E-state index in [2.05, 4.69) is 16.3 Å². The van der Waals surface area contributed by atoms with E-state index < -0.39 is 29.3 Å². The van der Waals surface area contributed by atoms with Crippen LogP contribution in [0.1, 0.15) is 77.3 Å². The van der Waals surface area contributed by atoms with Gasteiger partial charge in [0.05, 0.1) is 12.2 Å². The molecule has 1 fully saturated rings. The molecule has 2 aromatic rings. The van der Waals surface area contributed by atoms with Crippen molar-refractivity contribution in [3.05, 3.63) is 34.0 Å². The maximum Gasteiger partial charge on any atom is 0.422 e. The van der Waals surface area contributed by atoms with Gasteiger partial charge in [0, 0.05) is 31.0 Å². The van der Waals surface area contributed by atoms with Gasteiger partial charge in [-0.1, -0.05) is 12.1 Å². The lowest BCUT2D eigenvalue weighted by Gasteiger charge is -2.32. The minimum absolute atomic E-state index is 0.0861. The molecule has 30 heavy (non-hydrogen) atoms. The van der Waals surface area contributed by atoms with E-state index in [0.717, 1.165) is 12.8 Å². The molecule has 1 aliphatic carbocycles. The smallest absolute Gasteiger partial charge is 0.375 e. The van der Waals surface area contributed by atoms with E-state index in [1.807, 2.05) is 0 Å². The van der Waals surface area contributed by atoms with Gasteiger partial charge >= 0.3 is 6.18 Å². The molecular formula is C19H20F3N5O3. The fourth-order valence-electron chi connectivity index (χ4n) is 3.95. The highest BCUT2D eigenvalue weighted by Crippen LogP contribution is 2.44. The summed E-state index contributed by atoms with van der Waals surface area (Å²) in [7, 11) is 1.59. The number of carbonyl (C=O) groups is 1. The molecule has 4 rings (SSSR count). The van der Waals surface area contributed by atoms with Crippen LogP contribution in [0.25, 0.3) is 0 Å². The van der Waals surface area contributed by atoms with Crippen LogP contribution in [-0.2, 0) is 19.2 Å². The van der Waals surface area contributed by atoms with E-state index in [0.29, 0.717) is 12.6 Å². The van der Waals surface area contributed by atoms with E-state index in [1.54, 1.807) is 14.0 Å². The van der Waals surface area contributed by atoms with Crippen LogP contribution in [0.5, 0.6) is 0 Å². The zero-order valence-corrected chi connectivity index (χ0v) is 16.6. The number of aromatic nitrogens is 3. The fourth-order valence-corrected chi connectivity index (χ4v) is 3.95. The summed E-state index contributed by atoms with van der Waals surface area (Å²) in [5.41, 5.74) is -2.60. The number of alkyl halides is 3. The minimum atomic E-state index is -4.93. The van der Waals surface area contributed by atoms with E-state index >= 15 is 0 Å². The number of carbonyl (C=O) groups excluding carboxylic acids is 1. The summed E-state index contributed by atoms with van der Waals surface area (Å²) in [5, 5.41) is 27.4. The van der Waals surface area contributed by atoms with Gasteiger partial charge in [0.25, 0.3) is 5.91 Å². The number of fused-ring (bicyclic) bond motifs is 1. The predicted octanol–water partition coefficient (Wildman–Crippen LogP) is 2.69. The Bertz CT molecular complexity index is 1060. The van der Waals surface area contributed by atoms with Crippen LogP contribution in [0.4, 0.5) is 13.2 Å². The molecule has 1 saturated carbocycles. The van der Waals surface area contributed by atoms with E-state index in [-0.39, 0.29) is 41.6 Å². The Kier molecular flexibility index (Phi) is 4.47. The lowest BCUT2D eigenvalue weighted by atomic mass is 9.87. The summed E-state index contributed by atoms with van der Waals surface area (Å²) in [5.74, 6) is -0.744. The summed E-state index contributed by atoms with van der Waals surface area (Å²) in [4.78, 5) is 14.6. The zero-order chi connectivity index (χ0) is 22.0. The molecule has 2 aliphatic rings. The molecule has 0 radical (unpaired) electrons. The van der Waals surface area contributed by atoms with Gasteiger partial charge in [-0.2, -0.15) is 23.5 Å². The number of hydrogen-bond acceptors (Lipinski definition) is 6. The minimum Gasteiger partial charge on any atom is -0.375 e. The number of nitrogens with zero attached hydrogens (tertiary/aromatic N) is 5. The highest BCUT2D eigenvalue weighted by molar-refractivity contribution is 5.95. The molecule has 1 aliphatic heterocycles. The van der Waals surface area contributed by atoms with Crippen LogP contribution in [0, 0.1) is 11.3 Å². The monoisotopic (exact) mass is 423 g/mol. The van der Waals surface area contributed by atoms with Gasteiger partial charge in [-0.05, 0) is 19.8 Å². The predicted molar refractivity (Wildman–Crippen MR) is 95.2 cm³/mol. The molecule has 3 heterocycles. The molecule has 0 unspecified atom stereocenters. The first-order chi connectivity index (χ1) is 14.0. The second-order valence-corrected chi connectivity index (χ2v) is 8.14. The lowest BCUT2D eigenvalue weighted by Crippen LogP contribution is -2.42. The number of amides is 1. The third-order valence-corrected chi connectivity index (χ3v) is 5.78. The molecule has 0 spiro atoms. The molecule has 160 valence electrons. The summed E-state index contributed by atoms with van der Waals surface area (Å²) in [6.07, 6.45) is -3.09. The quantitative estimate of drug-likeness (QED) is 0.813. The van der Waals surface area contributed by atoms with Crippen LogP contribution >= 0.6 is 0 Å². The molecule has 8 nitrogen and oxygen atoms in total. The largest absolute Gasteiger partial charge is 0.422 e. The summed E-state index contributed by atoms with van der Waals surface area (Å²) in [6.45, 7) is 2.23. The average Bonchev–Trinajstić information content (AvgIpc) is 3.31. The number of rotatable bonds is 3. The van der Waals surface area contributed by atoms with Crippen molar-refractivity contribution < 1.29 is 27.6 Å². The second kappa shape index (κ2) is 6.57. The van der Waals surface area contributed by atoms with Crippen LogP contribution in [0.15, 0.2) is 4.52 Å². The van der Waals surface area contributed by atoms with E-state index in [4.69, 9.17) is 4.52 Å². The van der Waals surface area contributed by atoms with Crippen molar-refractivity contribution in [1.82, 2.24) is 19.8 Å². The van der Waals surface area contributed by atoms with Gasteiger partial charge in [0.15, 0.2) is 5.76 Å². The fraction of sp³-hybridized carbons (Fsp3) is 0.579. The van der Waals surface area contributed by atoms with Crippen molar-refractivity contribution >= 4 is 5.91 Å². The van der Waals surface area contributed by atoms with Crippen LogP contribution in [0.3, 0.4) is 0 Å². The standard InChI is InChI=1S/C19H20F3N5O3/c1-9-7-27(8-12-13(9)16(25-30-12)18(2,29)19(20,21)22)17(28)15-11(6-23)14(10-4-5-10)24-26(15)3/h9-10,29H,4-5,7-8H2,1-3H3/t9-,18+/m0/s1. The Balaban J connectivity index is 1.67. The average molecular weight is 423 g/mol. The third kappa shape index (κ3) is 2.98. The first-order valence-electron chi connectivity index (χ1n) is 9.51. The van der Waals surface area contributed by atoms with Crippen molar-refractivity contribution in [3.8, 4) is 6.07 Å². The Hall–Kier alpha value is -2.87. The molecule has 0 saturated heterocycles. The van der Waals surface area contributed by atoms with Gasteiger partial charge in [0.2, 0.25) is 5.60 Å². The van der Waals surface area contributed by atoms with Gasteiger partial charge in [0.1, 0.15) is 23.0 Å². The molecular weight excluding hydrogens is 403 g/mol. The molecule has 1 amide bonds. The van der Waals surface area contributed by atoms with Crippen molar-refractivity contribution in [3.63, 3.8) is 0 Å². The summed E-state index contributed by atoms with van der Waals surface area (Å²) in [6, 6.07) is 2.07. The summed E-state index contributed by atoms with van der Waals surface area (Å²) < 4.78 is 46.3. The Labute approximate surface area is 169 Å². The molecule has 2 atom stereocenters. The van der Waals surface area contributed by atoms with Crippen molar-refractivity contribution in [1.29, 1.82) is 5.26 Å². The number of aliphatic hydroxyl groups is 1. The second-order valence-electron chi connectivity index (χ2n) is 8.14. The Morgan fingerprint density at radius 2 is 2.03 bits per heavy atom. The first kappa shape index (κ1) is 20.4. The third-order valence-electron chi connectivity index (χ3n) is 5.78. The maximum absolute atomic E-state index is 13.3. The highest BCUT2D eigenvalue weighted by atomic mass is 19.4. The number of halogens is 3. The Morgan fingerprint density at radius 1 is 1.37 bits per heavy atom. The van der Waals surface area contributed by atoms with Crippen LogP contribution in [0.2, 0.25) is 0 Å². The maximum atomic E-state index is 13.3. The lowest BCUT2D eigenvalue weighted by molar-refractivity contribution is -0.261. The molecule has 11 heteroatoms. The van der Waals surface area contributed by atoms with E-state index in [9.17, 15) is 28.3 Å². The van der Waals surface area contributed by atoms with Crippen molar-refractivity contribution in [2.75, 3.05) is 6.54 Å². The van der Waals surface area contributed by atoms with Gasteiger partial charge < -0.3 is 14.5 Å². The van der Waals surface area contributed by atoms with Crippen molar-refractivity contribution in [2.45, 2.75) is 56.8 Å². The van der Waals surface area contributed by atoms with Crippen LogP contribution < -0.4 is 0 Å². The Morgan fingerprint density at radius 3 is 2.60 bits per heavy atom. The molecule has 2 aromatic heterocycles. The number of nitriles is 1. The molecule has 0 aromatic carbocycles. The summed E-state index contributed by atoms with van der Waals surface area (Å²) >= 11 is 0. The van der Waals surface area contributed by atoms with Gasteiger partial charge in [-0.3, -0.25) is 9.48 Å². The van der Waals surface area contributed by atoms with E-state index in [1.165, 1.54) is 9.58 Å². The highest BCUT2D eigenvalue weighted by Gasteiger charge is 2.55. The first-order valence-corrected chi connectivity index (χ1v) is 9.51. The van der Waals surface area contributed by atoms with Gasteiger partial charge in [-0.25, -0.2) is 0 Å². The zero-order valence-electron chi connectivity index (χ0n) is 16.6. The number of aryl methyl sites for hydroxylation is 1. The SMILES string of the molecule is C[C@H]1CN(C(=O)c2c(C#N)c(C3CC3)nn2C)Cc2onc([C@@](C)(O)C(F)(F)F)c21. The van der Waals surface area contributed by atoms with Crippen molar-refractivity contribution in [2.24, 2.45) is 7.05 Å². The normalized spacial score (nSPS) is 21.1. The van der Waals surface area contributed by atoms with Crippen LogP contribution in [-0.4, -0.2) is 43.6 Å². The molecule has 0 bridgehead atoms. The van der Waals surface area contributed by atoms with Gasteiger partial charge in [-0.15, -0.1) is 0 Å².